The Morgan fingerprint density at radius 3 is 2.47 bits per heavy atom. The average molecular weight is 255 g/mol. The van der Waals surface area contributed by atoms with E-state index < -0.39 is 11.8 Å². The highest BCUT2D eigenvalue weighted by molar-refractivity contribution is 6.07. The maximum atomic E-state index is 13.9. The lowest BCUT2D eigenvalue weighted by atomic mass is 10.0. The van der Waals surface area contributed by atoms with E-state index in [4.69, 9.17) is 0 Å². The highest BCUT2D eigenvalue weighted by Crippen LogP contribution is 2.33. The molecule has 94 valence electrons. The molecule has 3 rings (SSSR count). The van der Waals surface area contributed by atoms with Crippen LogP contribution in [0.15, 0.2) is 48.5 Å². The molecule has 1 aromatic heterocycles. The Kier molecular flexibility index (Phi) is 2.56. The lowest BCUT2D eigenvalue weighted by Crippen LogP contribution is -1.99. The molecule has 0 radical (unpaired) electrons. The molecule has 0 aliphatic heterocycles. The van der Waals surface area contributed by atoms with Gasteiger partial charge >= 0.3 is 5.97 Å². The first-order valence-electron chi connectivity index (χ1n) is 5.77. The third kappa shape index (κ3) is 1.78. The van der Waals surface area contributed by atoms with Crippen molar-refractivity contribution < 1.29 is 14.3 Å². The lowest BCUT2D eigenvalue weighted by Gasteiger charge is -2.03. The van der Waals surface area contributed by atoms with Crippen molar-refractivity contribution in [2.24, 2.45) is 0 Å². The molecule has 0 atom stereocenters. The van der Waals surface area contributed by atoms with Crippen LogP contribution in [0.4, 0.5) is 4.39 Å². The van der Waals surface area contributed by atoms with Gasteiger partial charge in [0, 0.05) is 22.0 Å². The Bertz CT molecular complexity index is 777. The van der Waals surface area contributed by atoms with Crippen LogP contribution in [0.3, 0.4) is 0 Å². The monoisotopic (exact) mass is 255 g/mol. The van der Waals surface area contributed by atoms with Crippen LogP contribution in [0.2, 0.25) is 0 Å². The van der Waals surface area contributed by atoms with Gasteiger partial charge in [0.05, 0.1) is 0 Å². The molecule has 2 aromatic carbocycles. The first-order valence-corrected chi connectivity index (χ1v) is 5.77. The van der Waals surface area contributed by atoms with Gasteiger partial charge in [-0.25, -0.2) is 9.18 Å². The van der Waals surface area contributed by atoms with Crippen molar-refractivity contribution in [3.05, 3.63) is 60.0 Å². The molecule has 2 N–H and O–H groups in total. The largest absolute Gasteiger partial charge is 0.477 e. The van der Waals surface area contributed by atoms with E-state index in [2.05, 4.69) is 4.98 Å². The minimum Gasteiger partial charge on any atom is -0.477 e. The molecule has 0 bridgehead atoms. The molecule has 3 aromatic rings. The van der Waals surface area contributed by atoms with E-state index in [9.17, 15) is 14.3 Å². The average Bonchev–Trinajstić information content (AvgIpc) is 2.79. The van der Waals surface area contributed by atoms with E-state index in [0.29, 0.717) is 16.5 Å². The molecule has 0 saturated heterocycles. The van der Waals surface area contributed by atoms with Gasteiger partial charge in [-0.3, -0.25) is 0 Å². The Labute approximate surface area is 108 Å². The second kappa shape index (κ2) is 4.24. The second-order valence-corrected chi connectivity index (χ2v) is 4.21. The summed E-state index contributed by atoms with van der Waals surface area (Å²) in [7, 11) is 0. The zero-order valence-electron chi connectivity index (χ0n) is 9.85. The summed E-state index contributed by atoms with van der Waals surface area (Å²) >= 11 is 0. The molecule has 0 saturated carbocycles. The molecular weight excluding hydrogens is 245 g/mol. The number of para-hydroxylation sites is 1. The van der Waals surface area contributed by atoms with Crippen LogP contribution in [0.5, 0.6) is 0 Å². The van der Waals surface area contributed by atoms with Crippen LogP contribution in [-0.2, 0) is 0 Å². The third-order valence-corrected chi connectivity index (χ3v) is 3.06. The smallest absolute Gasteiger partial charge is 0.352 e. The number of hydrogen-bond acceptors (Lipinski definition) is 1. The molecule has 19 heavy (non-hydrogen) atoms. The number of aromatic nitrogens is 1. The number of carbonyl (C=O) groups is 1. The summed E-state index contributed by atoms with van der Waals surface area (Å²) in [6.45, 7) is 0. The Morgan fingerprint density at radius 2 is 1.74 bits per heavy atom. The number of H-pyrrole nitrogens is 1. The summed E-state index contributed by atoms with van der Waals surface area (Å²) in [6, 6.07) is 13.3. The first-order chi connectivity index (χ1) is 9.18. The quantitative estimate of drug-likeness (QED) is 0.734. The Hall–Kier alpha value is -2.62. The number of benzene rings is 2. The van der Waals surface area contributed by atoms with Gasteiger partial charge in [0.2, 0.25) is 0 Å². The van der Waals surface area contributed by atoms with Gasteiger partial charge in [0.25, 0.3) is 0 Å². The van der Waals surface area contributed by atoms with E-state index >= 15 is 0 Å². The number of fused-ring (bicyclic) bond motifs is 1. The predicted molar refractivity (Wildman–Crippen MR) is 70.7 cm³/mol. The number of nitrogens with one attached hydrogen (secondary N) is 1. The van der Waals surface area contributed by atoms with Crippen LogP contribution in [0.1, 0.15) is 10.5 Å². The molecule has 1 heterocycles. The molecule has 4 heteroatoms. The molecule has 0 spiro atoms. The van der Waals surface area contributed by atoms with E-state index in [0.717, 1.165) is 0 Å². The SMILES string of the molecule is O=C(O)c1[nH]c2ccccc2c1-c1ccccc1F. The molecular formula is C15H10FNO2. The maximum Gasteiger partial charge on any atom is 0.352 e. The highest BCUT2D eigenvalue weighted by atomic mass is 19.1. The number of rotatable bonds is 2. The molecule has 0 unspecified atom stereocenters. The zero-order valence-corrected chi connectivity index (χ0v) is 9.85. The van der Waals surface area contributed by atoms with Gasteiger partial charge in [-0.15, -0.1) is 0 Å². The number of aromatic carboxylic acids is 1. The minimum absolute atomic E-state index is 0.00583. The fourth-order valence-corrected chi connectivity index (χ4v) is 2.25. The molecule has 0 aliphatic rings. The van der Waals surface area contributed by atoms with E-state index in [1.165, 1.54) is 6.07 Å². The standard InChI is InChI=1S/C15H10FNO2/c16-11-7-3-1-5-9(11)13-10-6-2-4-8-12(10)17-14(13)15(18)19/h1-8,17H,(H,18,19). The fourth-order valence-electron chi connectivity index (χ4n) is 2.25. The van der Waals surface area contributed by atoms with Gasteiger partial charge in [0.1, 0.15) is 11.5 Å². The van der Waals surface area contributed by atoms with Crippen molar-refractivity contribution in [1.82, 2.24) is 4.98 Å². The van der Waals surface area contributed by atoms with Crippen molar-refractivity contribution in [3.63, 3.8) is 0 Å². The van der Waals surface area contributed by atoms with Crippen LogP contribution >= 0.6 is 0 Å². The molecule has 0 fully saturated rings. The summed E-state index contributed by atoms with van der Waals surface area (Å²) in [6.07, 6.45) is 0. The van der Waals surface area contributed by atoms with Crippen molar-refractivity contribution >= 4 is 16.9 Å². The van der Waals surface area contributed by atoms with Crippen LogP contribution in [-0.4, -0.2) is 16.1 Å². The third-order valence-electron chi connectivity index (χ3n) is 3.06. The van der Waals surface area contributed by atoms with Crippen LogP contribution in [0, 0.1) is 5.82 Å². The summed E-state index contributed by atoms with van der Waals surface area (Å²) in [5.41, 5.74) is 1.36. The van der Waals surface area contributed by atoms with E-state index in [-0.39, 0.29) is 11.3 Å². The number of carboxylic acid groups (broad SMARTS) is 1. The molecule has 0 amide bonds. The topological polar surface area (TPSA) is 53.1 Å². The lowest BCUT2D eigenvalue weighted by molar-refractivity contribution is 0.0692. The Balaban J connectivity index is 2.42. The maximum absolute atomic E-state index is 13.9. The van der Waals surface area contributed by atoms with Gasteiger partial charge < -0.3 is 10.1 Å². The van der Waals surface area contributed by atoms with Gasteiger partial charge in [-0.2, -0.15) is 0 Å². The predicted octanol–water partition coefficient (Wildman–Crippen LogP) is 3.67. The van der Waals surface area contributed by atoms with Crippen molar-refractivity contribution in [2.45, 2.75) is 0 Å². The fraction of sp³-hybridized carbons (Fsp3) is 0. The number of halogens is 1. The summed E-state index contributed by atoms with van der Waals surface area (Å²) in [5.74, 6) is -1.54. The van der Waals surface area contributed by atoms with Crippen LogP contribution < -0.4 is 0 Å². The zero-order chi connectivity index (χ0) is 13.4. The molecule has 0 aliphatic carbocycles. The van der Waals surface area contributed by atoms with Crippen molar-refractivity contribution in [3.8, 4) is 11.1 Å². The first kappa shape index (κ1) is 11.5. The second-order valence-electron chi connectivity index (χ2n) is 4.21. The minimum atomic E-state index is -1.10. The summed E-state index contributed by atoms with van der Waals surface area (Å²) in [5, 5.41) is 9.96. The highest BCUT2D eigenvalue weighted by Gasteiger charge is 2.20. The summed E-state index contributed by atoms with van der Waals surface area (Å²) in [4.78, 5) is 14.1. The van der Waals surface area contributed by atoms with Crippen LogP contribution in [0.25, 0.3) is 22.0 Å². The van der Waals surface area contributed by atoms with E-state index in [1.807, 2.05) is 0 Å². The Morgan fingerprint density at radius 1 is 1.05 bits per heavy atom. The van der Waals surface area contributed by atoms with E-state index in [1.54, 1.807) is 42.5 Å². The van der Waals surface area contributed by atoms with Gasteiger partial charge in [-0.05, 0) is 12.1 Å². The van der Waals surface area contributed by atoms with Crippen molar-refractivity contribution in [2.75, 3.05) is 0 Å². The number of hydrogen-bond donors (Lipinski definition) is 2. The van der Waals surface area contributed by atoms with Crippen molar-refractivity contribution in [1.29, 1.82) is 0 Å². The number of aromatic amines is 1. The normalized spacial score (nSPS) is 10.8. The molecule has 3 nitrogen and oxygen atoms in total. The number of carboxylic acids is 1. The summed E-state index contributed by atoms with van der Waals surface area (Å²) < 4.78 is 13.9. The van der Waals surface area contributed by atoms with Gasteiger partial charge in [-0.1, -0.05) is 36.4 Å². The van der Waals surface area contributed by atoms with Gasteiger partial charge in [0.15, 0.2) is 0 Å².